The molecule has 3 nitrogen and oxygen atoms in total. The highest BCUT2D eigenvalue weighted by Crippen LogP contribution is 2.13. The van der Waals surface area contributed by atoms with E-state index in [1.54, 1.807) is 0 Å². The molecule has 0 fully saturated rings. The minimum atomic E-state index is -1.33. The molecule has 0 aliphatic carbocycles. The van der Waals surface area contributed by atoms with Crippen LogP contribution in [0.2, 0.25) is 19.1 Å². The van der Waals surface area contributed by atoms with E-state index in [-0.39, 0.29) is 17.6 Å². The molecule has 0 spiro atoms. The molecule has 1 amide bonds. The second kappa shape index (κ2) is 8.75. The van der Waals surface area contributed by atoms with Crippen LogP contribution in [0.25, 0.3) is 0 Å². The number of nitrogens with one attached hydrogen (secondary N) is 1. The molecule has 0 aromatic heterocycles. The van der Waals surface area contributed by atoms with Gasteiger partial charge in [-0.05, 0) is 6.92 Å². The molecule has 0 heterocycles. The summed E-state index contributed by atoms with van der Waals surface area (Å²) in [5, 5.41) is 3.01. The normalized spacial score (nSPS) is 13.2. The van der Waals surface area contributed by atoms with Gasteiger partial charge in [-0.25, -0.2) is 0 Å². The van der Waals surface area contributed by atoms with E-state index in [0.717, 1.165) is 6.17 Å². The van der Waals surface area contributed by atoms with E-state index in [0.29, 0.717) is 12.2 Å². The lowest BCUT2D eigenvalue weighted by Gasteiger charge is -2.24. The Morgan fingerprint density at radius 2 is 1.94 bits per heavy atom. The van der Waals surface area contributed by atoms with Gasteiger partial charge in [0.2, 0.25) is 5.91 Å². The number of amides is 1. The van der Waals surface area contributed by atoms with Gasteiger partial charge < -0.3 is 10.1 Å². The number of thiol groups is 1. The highest BCUT2D eigenvalue weighted by molar-refractivity contribution is 7.80. The third-order valence-electron chi connectivity index (χ3n) is 3.07. The van der Waals surface area contributed by atoms with Crippen molar-refractivity contribution in [1.82, 2.24) is 5.32 Å². The summed E-state index contributed by atoms with van der Waals surface area (Å²) in [7, 11) is -1.33. The van der Waals surface area contributed by atoms with Crippen LogP contribution in [0.5, 0.6) is 0 Å². The maximum atomic E-state index is 11.9. The molecule has 0 rings (SSSR count). The number of carbonyl (C=O) groups excluding carboxylic acids is 2. The first-order chi connectivity index (χ1) is 8.32. The van der Waals surface area contributed by atoms with Crippen molar-refractivity contribution in [3.63, 3.8) is 0 Å². The quantitative estimate of drug-likeness (QED) is 0.506. The highest BCUT2D eigenvalue weighted by atomic mass is 32.1. The molecule has 0 saturated heterocycles. The molecule has 0 aromatic carbocycles. The maximum Gasteiger partial charge on any atom is 0.224 e. The molecule has 0 aliphatic heterocycles. The number of hydrogen-bond donors (Lipinski definition) is 2. The summed E-state index contributed by atoms with van der Waals surface area (Å²) in [6.45, 7) is 8.30. The largest absolute Gasteiger partial charge is 0.359 e. The highest BCUT2D eigenvalue weighted by Gasteiger charge is 2.24. The van der Waals surface area contributed by atoms with Crippen molar-refractivity contribution >= 4 is 32.4 Å². The zero-order valence-corrected chi connectivity index (χ0v) is 14.0. The van der Waals surface area contributed by atoms with Crippen molar-refractivity contribution in [3.8, 4) is 0 Å². The minimum Gasteiger partial charge on any atom is -0.359 e. The standard InChI is InChI=1S/C13H27NO2SSi/c1-5-6-7-18(3,4)10-14-13(16)12(9-17)8-11(2)15/h12,17H,5-10H2,1-4H3,(H,14,16)/t12-/m0/s1. The number of Topliss-reactive ketones (excluding diaryl/α,β-unsaturated/α-hetero) is 1. The molecule has 18 heavy (non-hydrogen) atoms. The zero-order chi connectivity index (χ0) is 14.2. The lowest BCUT2D eigenvalue weighted by Crippen LogP contribution is -2.44. The van der Waals surface area contributed by atoms with Gasteiger partial charge in [0.25, 0.3) is 0 Å². The first-order valence-electron chi connectivity index (χ1n) is 6.70. The van der Waals surface area contributed by atoms with Crippen molar-refractivity contribution in [3.05, 3.63) is 0 Å². The van der Waals surface area contributed by atoms with E-state index in [4.69, 9.17) is 0 Å². The Morgan fingerprint density at radius 1 is 1.33 bits per heavy atom. The second-order valence-electron chi connectivity index (χ2n) is 5.77. The Balaban J connectivity index is 4.17. The fourth-order valence-corrected chi connectivity index (χ4v) is 4.24. The summed E-state index contributed by atoms with van der Waals surface area (Å²) in [6.07, 6.45) is 3.53. The molecule has 0 aliphatic rings. The Bertz CT molecular complexity index is 282. The average Bonchev–Trinajstić information content (AvgIpc) is 2.30. The van der Waals surface area contributed by atoms with E-state index in [9.17, 15) is 9.59 Å². The Kier molecular flexibility index (Phi) is 8.60. The van der Waals surface area contributed by atoms with Gasteiger partial charge in [0, 0.05) is 18.3 Å². The molecule has 0 unspecified atom stereocenters. The summed E-state index contributed by atoms with van der Waals surface area (Å²) < 4.78 is 0. The van der Waals surface area contributed by atoms with Crippen LogP contribution in [-0.4, -0.2) is 31.7 Å². The van der Waals surface area contributed by atoms with Crippen molar-refractivity contribution in [2.75, 3.05) is 11.9 Å². The van der Waals surface area contributed by atoms with Gasteiger partial charge in [-0.15, -0.1) is 0 Å². The molecule has 1 atom stereocenters. The molecule has 0 bridgehead atoms. The van der Waals surface area contributed by atoms with Crippen LogP contribution in [0.4, 0.5) is 0 Å². The lowest BCUT2D eigenvalue weighted by molar-refractivity contribution is -0.127. The van der Waals surface area contributed by atoms with Crippen LogP contribution >= 0.6 is 12.6 Å². The van der Waals surface area contributed by atoms with Crippen molar-refractivity contribution < 1.29 is 9.59 Å². The van der Waals surface area contributed by atoms with Gasteiger partial charge in [0.1, 0.15) is 5.78 Å². The van der Waals surface area contributed by atoms with Crippen molar-refractivity contribution in [2.45, 2.75) is 52.2 Å². The first-order valence-corrected chi connectivity index (χ1v) is 10.7. The fourth-order valence-electron chi connectivity index (χ4n) is 1.80. The Morgan fingerprint density at radius 3 is 2.39 bits per heavy atom. The first kappa shape index (κ1) is 17.7. The molecule has 0 aromatic rings. The summed E-state index contributed by atoms with van der Waals surface area (Å²) in [5.74, 6) is 0.188. The van der Waals surface area contributed by atoms with Gasteiger partial charge in [-0.2, -0.15) is 12.6 Å². The molecule has 0 saturated carbocycles. The topological polar surface area (TPSA) is 46.2 Å². The number of unbranched alkanes of at least 4 members (excludes halogenated alkanes) is 1. The molecular weight excluding hydrogens is 262 g/mol. The van der Waals surface area contributed by atoms with Crippen LogP contribution in [0.15, 0.2) is 0 Å². The number of rotatable bonds is 9. The minimum absolute atomic E-state index is 0.0164. The van der Waals surface area contributed by atoms with Gasteiger partial charge in [0.15, 0.2) is 0 Å². The van der Waals surface area contributed by atoms with Crippen LogP contribution in [0, 0.1) is 5.92 Å². The second-order valence-corrected chi connectivity index (χ2v) is 11.3. The van der Waals surface area contributed by atoms with Crippen LogP contribution in [0.3, 0.4) is 0 Å². The summed E-state index contributed by atoms with van der Waals surface area (Å²) in [6, 6.07) is 1.24. The average molecular weight is 290 g/mol. The maximum absolute atomic E-state index is 11.9. The van der Waals surface area contributed by atoms with Crippen LogP contribution < -0.4 is 5.32 Å². The summed E-state index contributed by atoms with van der Waals surface area (Å²) in [4.78, 5) is 23.0. The van der Waals surface area contributed by atoms with Gasteiger partial charge in [-0.3, -0.25) is 4.79 Å². The Hall–Kier alpha value is -0.293. The third kappa shape index (κ3) is 7.92. The lowest BCUT2D eigenvalue weighted by atomic mass is 10.0. The van der Waals surface area contributed by atoms with E-state index >= 15 is 0 Å². The molecule has 0 radical (unpaired) electrons. The monoisotopic (exact) mass is 289 g/mol. The van der Waals surface area contributed by atoms with E-state index in [2.05, 4.69) is 38.0 Å². The number of ketones is 1. The van der Waals surface area contributed by atoms with Crippen LogP contribution in [-0.2, 0) is 9.59 Å². The van der Waals surface area contributed by atoms with E-state index < -0.39 is 8.07 Å². The Labute approximate surface area is 118 Å². The third-order valence-corrected chi connectivity index (χ3v) is 6.36. The molecular formula is C13H27NO2SSi. The fraction of sp³-hybridized carbons (Fsp3) is 0.846. The van der Waals surface area contributed by atoms with E-state index in [1.165, 1.54) is 25.8 Å². The predicted molar refractivity (Wildman–Crippen MR) is 82.8 cm³/mol. The SMILES string of the molecule is CCCC[Si](C)(C)CNC(=O)[C@H](CS)CC(C)=O. The van der Waals surface area contributed by atoms with Gasteiger partial charge in [0.05, 0.1) is 14.0 Å². The molecule has 5 heteroatoms. The van der Waals surface area contributed by atoms with E-state index in [1.807, 2.05) is 0 Å². The smallest absolute Gasteiger partial charge is 0.224 e. The summed E-state index contributed by atoms with van der Waals surface area (Å²) in [5.41, 5.74) is 0. The number of carbonyl (C=O) groups is 2. The molecule has 106 valence electrons. The predicted octanol–water partition coefficient (Wildman–Crippen LogP) is 2.68. The van der Waals surface area contributed by atoms with Crippen LogP contribution in [0.1, 0.15) is 33.1 Å². The number of hydrogen-bond acceptors (Lipinski definition) is 3. The zero-order valence-electron chi connectivity index (χ0n) is 12.1. The summed E-state index contributed by atoms with van der Waals surface area (Å²) >= 11 is 4.15. The van der Waals surface area contributed by atoms with Crippen molar-refractivity contribution in [1.29, 1.82) is 0 Å². The van der Waals surface area contributed by atoms with Gasteiger partial charge >= 0.3 is 0 Å². The van der Waals surface area contributed by atoms with Crippen molar-refractivity contribution in [2.24, 2.45) is 5.92 Å². The molecule has 1 N–H and O–H groups in total. The van der Waals surface area contributed by atoms with Gasteiger partial charge in [-0.1, -0.05) is 38.9 Å².